The second-order valence-corrected chi connectivity index (χ2v) is 7.81. The van der Waals surface area contributed by atoms with Crippen LogP contribution in [-0.2, 0) is 21.2 Å². The standard InChI is InChI=1S/C18H19FN2O3S/c19-14-6-10-16(11-7-14)25(23,24)21-17(18(22)20-15-8-9-15)12-13-4-2-1-3-5-13/h1-7,10-11,15,17,21H,8-9,12H2,(H,20,22). The second-order valence-electron chi connectivity index (χ2n) is 6.10. The Morgan fingerprint density at radius 2 is 1.72 bits per heavy atom. The fourth-order valence-corrected chi connectivity index (χ4v) is 3.63. The molecule has 132 valence electrons. The van der Waals surface area contributed by atoms with Crippen molar-refractivity contribution in [3.63, 3.8) is 0 Å². The Morgan fingerprint density at radius 1 is 1.08 bits per heavy atom. The fraction of sp³-hybridized carbons (Fsp3) is 0.278. The van der Waals surface area contributed by atoms with E-state index >= 15 is 0 Å². The lowest BCUT2D eigenvalue weighted by molar-refractivity contribution is -0.122. The molecule has 0 aromatic heterocycles. The van der Waals surface area contributed by atoms with E-state index in [2.05, 4.69) is 10.0 Å². The Hall–Kier alpha value is -2.25. The molecule has 0 heterocycles. The molecule has 2 N–H and O–H groups in total. The number of rotatable bonds is 7. The van der Waals surface area contributed by atoms with Crippen molar-refractivity contribution in [3.8, 4) is 0 Å². The van der Waals surface area contributed by atoms with Crippen molar-refractivity contribution in [1.82, 2.24) is 10.0 Å². The first-order valence-corrected chi connectivity index (χ1v) is 9.54. The van der Waals surface area contributed by atoms with Crippen LogP contribution in [0.5, 0.6) is 0 Å². The molecule has 1 amide bonds. The van der Waals surface area contributed by atoms with Gasteiger partial charge in [-0.3, -0.25) is 4.79 Å². The molecule has 0 radical (unpaired) electrons. The van der Waals surface area contributed by atoms with E-state index in [0.29, 0.717) is 0 Å². The largest absolute Gasteiger partial charge is 0.352 e. The molecule has 0 bridgehead atoms. The average Bonchev–Trinajstić information content (AvgIpc) is 3.39. The van der Waals surface area contributed by atoms with E-state index in [9.17, 15) is 17.6 Å². The summed E-state index contributed by atoms with van der Waals surface area (Å²) in [6.07, 6.45) is 2.06. The van der Waals surface area contributed by atoms with Crippen LogP contribution in [0.3, 0.4) is 0 Å². The zero-order valence-electron chi connectivity index (χ0n) is 13.5. The van der Waals surface area contributed by atoms with Gasteiger partial charge in [-0.25, -0.2) is 12.8 Å². The highest BCUT2D eigenvalue weighted by atomic mass is 32.2. The van der Waals surface area contributed by atoms with Gasteiger partial charge in [0.1, 0.15) is 11.9 Å². The summed E-state index contributed by atoms with van der Waals surface area (Å²) in [7, 11) is -3.93. The van der Waals surface area contributed by atoms with E-state index < -0.39 is 21.9 Å². The van der Waals surface area contributed by atoms with Crippen molar-refractivity contribution in [1.29, 1.82) is 0 Å². The summed E-state index contributed by atoms with van der Waals surface area (Å²) in [6, 6.07) is 12.9. The second kappa shape index (κ2) is 7.33. The number of hydrogen-bond acceptors (Lipinski definition) is 3. The number of hydrogen-bond donors (Lipinski definition) is 2. The Balaban J connectivity index is 1.80. The highest BCUT2D eigenvalue weighted by molar-refractivity contribution is 7.89. The molecule has 1 atom stereocenters. The maximum Gasteiger partial charge on any atom is 0.241 e. The third-order valence-electron chi connectivity index (χ3n) is 3.94. The van der Waals surface area contributed by atoms with E-state index in [1.807, 2.05) is 30.3 Å². The van der Waals surface area contributed by atoms with Gasteiger partial charge in [0.2, 0.25) is 15.9 Å². The summed E-state index contributed by atoms with van der Waals surface area (Å²) in [6.45, 7) is 0. The highest BCUT2D eigenvalue weighted by Gasteiger charge is 2.30. The monoisotopic (exact) mass is 362 g/mol. The minimum Gasteiger partial charge on any atom is -0.352 e. The molecule has 2 aromatic rings. The predicted molar refractivity (Wildman–Crippen MR) is 91.8 cm³/mol. The Morgan fingerprint density at radius 3 is 2.32 bits per heavy atom. The molecule has 3 rings (SSSR count). The number of carbonyl (C=O) groups is 1. The molecule has 25 heavy (non-hydrogen) atoms. The van der Waals surface area contributed by atoms with Crippen molar-refractivity contribution in [2.75, 3.05) is 0 Å². The van der Waals surface area contributed by atoms with Crippen molar-refractivity contribution in [3.05, 3.63) is 66.0 Å². The van der Waals surface area contributed by atoms with E-state index in [1.165, 1.54) is 12.1 Å². The van der Waals surface area contributed by atoms with Crippen molar-refractivity contribution in [2.45, 2.75) is 36.2 Å². The first kappa shape index (κ1) is 17.6. The lowest BCUT2D eigenvalue weighted by Crippen LogP contribution is -2.48. The van der Waals surface area contributed by atoms with Crippen LogP contribution in [0.1, 0.15) is 18.4 Å². The maximum absolute atomic E-state index is 13.0. The van der Waals surface area contributed by atoms with Crippen LogP contribution >= 0.6 is 0 Å². The Labute approximate surface area is 146 Å². The summed E-state index contributed by atoms with van der Waals surface area (Å²) in [5, 5.41) is 2.83. The normalized spacial score (nSPS) is 15.6. The van der Waals surface area contributed by atoms with Gasteiger partial charge in [0.25, 0.3) is 0 Å². The number of halogens is 1. The van der Waals surface area contributed by atoms with E-state index in [0.717, 1.165) is 30.5 Å². The van der Waals surface area contributed by atoms with Gasteiger partial charge in [-0.1, -0.05) is 30.3 Å². The van der Waals surface area contributed by atoms with Gasteiger partial charge in [-0.05, 0) is 49.1 Å². The quantitative estimate of drug-likeness (QED) is 0.791. The zero-order valence-corrected chi connectivity index (χ0v) is 14.3. The molecule has 0 aliphatic heterocycles. The molecule has 1 aliphatic carbocycles. The van der Waals surface area contributed by atoms with Gasteiger partial charge in [0.05, 0.1) is 4.90 Å². The van der Waals surface area contributed by atoms with E-state index in [-0.39, 0.29) is 23.3 Å². The number of amides is 1. The first-order chi connectivity index (χ1) is 11.9. The Kier molecular flexibility index (Phi) is 5.15. The molecular weight excluding hydrogens is 343 g/mol. The van der Waals surface area contributed by atoms with Crippen LogP contribution < -0.4 is 10.0 Å². The van der Waals surface area contributed by atoms with Gasteiger partial charge in [-0.2, -0.15) is 4.72 Å². The van der Waals surface area contributed by atoms with E-state index in [4.69, 9.17) is 0 Å². The molecule has 1 aliphatic rings. The molecule has 5 nitrogen and oxygen atoms in total. The summed E-state index contributed by atoms with van der Waals surface area (Å²) < 4.78 is 40.5. The van der Waals surface area contributed by atoms with Crippen LogP contribution in [0.2, 0.25) is 0 Å². The molecule has 0 saturated heterocycles. The lowest BCUT2D eigenvalue weighted by Gasteiger charge is -2.18. The van der Waals surface area contributed by atoms with Crippen LogP contribution in [0.4, 0.5) is 4.39 Å². The number of benzene rings is 2. The summed E-state index contributed by atoms with van der Waals surface area (Å²) in [5.74, 6) is -0.872. The molecule has 1 unspecified atom stereocenters. The van der Waals surface area contributed by atoms with Crippen molar-refractivity contribution >= 4 is 15.9 Å². The first-order valence-electron chi connectivity index (χ1n) is 8.06. The predicted octanol–water partition coefficient (Wildman–Crippen LogP) is 1.99. The van der Waals surface area contributed by atoms with Gasteiger partial charge >= 0.3 is 0 Å². The van der Waals surface area contributed by atoms with Crippen LogP contribution in [0.15, 0.2) is 59.5 Å². The zero-order chi connectivity index (χ0) is 17.9. The van der Waals surface area contributed by atoms with Crippen molar-refractivity contribution in [2.24, 2.45) is 0 Å². The molecule has 1 fully saturated rings. The number of carbonyl (C=O) groups excluding carboxylic acids is 1. The molecule has 0 spiro atoms. The summed E-state index contributed by atoms with van der Waals surface area (Å²) >= 11 is 0. The Bertz CT molecular complexity index is 834. The lowest BCUT2D eigenvalue weighted by atomic mass is 10.1. The topological polar surface area (TPSA) is 75.3 Å². The molecule has 2 aromatic carbocycles. The van der Waals surface area contributed by atoms with Gasteiger partial charge in [-0.15, -0.1) is 0 Å². The SMILES string of the molecule is O=C(NC1CC1)C(Cc1ccccc1)NS(=O)(=O)c1ccc(F)cc1. The third-order valence-corrected chi connectivity index (χ3v) is 5.43. The molecule has 1 saturated carbocycles. The minimum atomic E-state index is -3.93. The van der Waals surface area contributed by atoms with E-state index in [1.54, 1.807) is 0 Å². The number of nitrogens with one attached hydrogen (secondary N) is 2. The van der Waals surface area contributed by atoms with Gasteiger partial charge in [0.15, 0.2) is 0 Å². The molecular formula is C18H19FN2O3S. The van der Waals surface area contributed by atoms with Gasteiger partial charge in [0, 0.05) is 6.04 Å². The molecule has 7 heteroatoms. The minimum absolute atomic E-state index is 0.0776. The van der Waals surface area contributed by atoms with Crippen LogP contribution in [-0.4, -0.2) is 26.4 Å². The highest BCUT2D eigenvalue weighted by Crippen LogP contribution is 2.19. The van der Waals surface area contributed by atoms with Crippen LogP contribution in [0.25, 0.3) is 0 Å². The average molecular weight is 362 g/mol. The number of sulfonamides is 1. The van der Waals surface area contributed by atoms with Crippen LogP contribution in [0, 0.1) is 5.82 Å². The smallest absolute Gasteiger partial charge is 0.241 e. The fourth-order valence-electron chi connectivity index (χ4n) is 2.44. The summed E-state index contributed by atoms with van der Waals surface area (Å²) in [5.41, 5.74) is 0.847. The third kappa shape index (κ3) is 4.87. The van der Waals surface area contributed by atoms with Gasteiger partial charge < -0.3 is 5.32 Å². The summed E-state index contributed by atoms with van der Waals surface area (Å²) in [4.78, 5) is 12.4. The van der Waals surface area contributed by atoms with Crippen molar-refractivity contribution < 1.29 is 17.6 Å². The maximum atomic E-state index is 13.0.